The number of aliphatic carboxylic acids is 1. The molecule has 1 atom stereocenters. The molecule has 0 aromatic heterocycles. The monoisotopic (exact) mass is 296 g/mol. The normalized spacial score (nSPS) is 25.3. The maximum Gasteiger partial charge on any atom is 0.327 e. The van der Waals surface area contributed by atoms with E-state index in [2.05, 4.69) is 0 Å². The molecule has 1 heterocycles. The largest absolute Gasteiger partial charge is 0.480 e. The van der Waals surface area contributed by atoms with Crippen molar-refractivity contribution >= 4 is 12.0 Å². The van der Waals surface area contributed by atoms with Crippen LogP contribution in [0.2, 0.25) is 0 Å². The minimum absolute atomic E-state index is 0.0930. The minimum Gasteiger partial charge on any atom is -0.480 e. The summed E-state index contributed by atoms with van der Waals surface area (Å²) in [6.07, 6.45) is 5.37. The van der Waals surface area contributed by atoms with Crippen LogP contribution in [-0.2, 0) is 4.79 Å². The third kappa shape index (κ3) is 3.33. The average molecular weight is 296 g/mol. The molecule has 0 bridgehead atoms. The summed E-state index contributed by atoms with van der Waals surface area (Å²) < 4.78 is 0. The predicted octanol–water partition coefficient (Wildman–Crippen LogP) is 2.80. The van der Waals surface area contributed by atoms with Gasteiger partial charge in [-0.1, -0.05) is 20.3 Å². The molecule has 1 unspecified atom stereocenters. The predicted molar refractivity (Wildman–Crippen MR) is 81.1 cm³/mol. The molecule has 2 amide bonds. The molecule has 1 saturated heterocycles. The SMILES string of the molecule is CCN(CC1CCC1)C(=O)N1CCCC(C)(C)C1C(=O)O. The second-order valence-electron chi connectivity index (χ2n) is 7.14. The number of urea groups is 1. The fourth-order valence-electron chi connectivity index (χ4n) is 3.58. The van der Waals surface area contributed by atoms with E-state index in [0.717, 1.165) is 19.4 Å². The number of carboxylic acid groups (broad SMARTS) is 1. The van der Waals surface area contributed by atoms with Gasteiger partial charge < -0.3 is 14.9 Å². The van der Waals surface area contributed by atoms with E-state index < -0.39 is 12.0 Å². The molecule has 0 spiro atoms. The average Bonchev–Trinajstić information content (AvgIpc) is 2.35. The molecule has 1 aliphatic heterocycles. The van der Waals surface area contributed by atoms with Crippen molar-refractivity contribution in [3.05, 3.63) is 0 Å². The van der Waals surface area contributed by atoms with Crippen LogP contribution < -0.4 is 0 Å². The zero-order valence-electron chi connectivity index (χ0n) is 13.5. The molecule has 1 saturated carbocycles. The first-order valence-corrected chi connectivity index (χ1v) is 8.15. The standard InChI is InChI=1S/C16H28N2O3/c1-4-17(11-12-7-5-8-12)15(21)18-10-6-9-16(2,3)13(18)14(19)20/h12-13H,4-11H2,1-3H3,(H,19,20). The molecule has 21 heavy (non-hydrogen) atoms. The van der Waals surface area contributed by atoms with Crippen molar-refractivity contribution in [2.75, 3.05) is 19.6 Å². The Hall–Kier alpha value is -1.26. The summed E-state index contributed by atoms with van der Waals surface area (Å²) >= 11 is 0. The Labute approximate surface area is 127 Å². The van der Waals surface area contributed by atoms with Crippen LogP contribution in [0.4, 0.5) is 4.79 Å². The van der Waals surface area contributed by atoms with Crippen molar-refractivity contribution in [1.82, 2.24) is 9.80 Å². The Morgan fingerprint density at radius 2 is 1.95 bits per heavy atom. The number of amides is 2. The van der Waals surface area contributed by atoms with E-state index in [1.165, 1.54) is 19.3 Å². The molecule has 0 aromatic carbocycles. The maximum atomic E-state index is 12.8. The van der Waals surface area contributed by atoms with Gasteiger partial charge in [0.2, 0.25) is 0 Å². The van der Waals surface area contributed by atoms with Gasteiger partial charge in [0.25, 0.3) is 0 Å². The number of nitrogens with zero attached hydrogens (tertiary/aromatic N) is 2. The number of rotatable bonds is 4. The summed E-state index contributed by atoms with van der Waals surface area (Å²) in [5.74, 6) is -0.275. The summed E-state index contributed by atoms with van der Waals surface area (Å²) in [5.41, 5.74) is -0.365. The lowest BCUT2D eigenvalue weighted by molar-refractivity contribution is -0.148. The van der Waals surface area contributed by atoms with E-state index in [1.54, 1.807) is 4.90 Å². The van der Waals surface area contributed by atoms with Crippen molar-refractivity contribution < 1.29 is 14.7 Å². The van der Waals surface area contributed by atoms with Gasteiger partial charge in [-0.3, -0.25) is 0 Å². The number of hydrogen-bond donors (Lipinski definition) is 1. The minimum atomic E-state index is -0.882. The highest BCUT2D eigenvalue weighted by Crippen LogP contribution is 2.36. The van der Waals surface area contributed by atoms with Crippen LogP contribution in [0.1, 0.15) is 52.9 Å². The lowest BCUT2D eigenvalue weighted by Crippen LogP contribution is -2.59. The summed E-state index contributed by atoms with van der Waals surface area (Å²) in [4.78, 5) is 27.9. The second kappa shape index (κ2) is 6.24. The van der Waals surface area contributed by atoms with Gasteiger partial charge in [0.1, 0.15) is 6.04 Å². The first-order valence-electron chi connectivity index (χ1n) is 8.15. The fourth-order valence-corrected chi connectivity index (χ4v) is 3.58. The van der Waals surface area contributed by atoms with Gasteiger partial charge in [0.15, 0.2) is 0 Å². The summed E-state index contributed by atoms with van der Waals surface area (Å²) in [7, 11) is 0. The summed E-state index contributed by atoms with van der Waals surface area (Å²) in [6.45, 7) is 7.86. The quantitative estimate of drug-likeness (QED) is 0.867. The van der Waals surface area contributed by atoms with Crippen LogP contribution >= 0.6 is 0 Å². The van der Waals surface area contributed by atoms with Gasteiger partial charge in [-0.2, -0.15) is 0 Å². The highest BCUT2D eigenvalue weighted by atomic mass is 16.4. The summed E-state index contributed by atoms with van der Waals surface area (Å²) in [6, 6.07) is -0.807. The molecular weight excluding hydrogens is 268 g/mol. The second-order valence-corrected chi connectivity index (χ2v) is 7.14. The Kier molecular flexibility index (Phi) is 4.79. The molecule has 1 N–H and O–H groups in total. The smallest absolute Gasteiger partial charge is 0.327 e. The van der Waals surface area contributed by atoms with Crippen molar-refractivity contribution in [2.24, 2.45) is 11.3 Å². The Balaban J connectivity index is 2.11. The first-order chi connectivity index (χ1) is 9.86. The van der Waals surface area contributed by atoms with Gasteiger partial charge in [-0.15, -0.1) is 0 Å². The molecule has 5 nitrogen and oxygen atoms in total. The number of carboxylic acids is 1. The summed E-state index contributed by atoms with van der Waals surface area (Å²) in [5, 5.41) is 9.57. The molecule has 2 fully saturated rings. The van der Waals surface area contributed by atoms with E-state index in [-0.39, 0.29) is 11.4 Å². The van der Waals surface area contributed by atoms with Gasteiger partial charge >= 0.3 is 12.0 Å². The van der Waals surface area contributed by atoms with Crippen LogP contribution in [0.5, 0.6) is 0 Å². The molecule has 2 rings (SSSR count). The van der Waals surface area contributed by atoms with E-state index in [1.807, 2.05) is 25.7 Å². The molecule has 0 aromatic rings. The first kappa shape index (κ1) is 16.1. The van der Waals surface area contributed by atoms with E-state index in [4.69, 9.17) is 0 Å². The number of hydrogen-bond acceptors (Lipinski definition) is 2. The highest BCUT2D eigenvalue weighted by molar-refractivity contribution is 5.83. The van der Waals surface area contributed by atoms with Crippen LogP contribution in [0.25, 0.3) is 0 Å². The zero-order valence-corrected chi connectivity index (χ0v) is 13.5. The van der Waals surface area contributed by atoms with Crippen molar-refractivity contribution in [1.29, 1.82) is 0 Å². The highest BCUT2D eigenvalue weighted by Gasteiger charge is 2.45. The topological polar surface area (TPSA) is 60.9 Å². The van der Waals surface area contributed by atoms with Crippen LogP contribution in [-0.4, -0.2) is 52.6 Å². The van der Waals surface area contributed by atoms with Gasteiger partial charge in [0.05, 0.1) is 0 Å². The van der Waals surface area contributed by atoms with Crippen molar-refractivity contribution in [3.63, 3.8) is 0 Å². The number of carbonyl (C=O) groups is 2. The molecular formula is C16H28N2O3. The number of piperidine rings is 1. The maximum absolute atomic E-state index is 12.8. The Morgan fingerprint density at radius 3 is 2.43 bits per heavy atom. The fraction of sp³-hybridized carbons (Fsp3) is 0.875. The van der Waals surface area contributed by atoms with Gasteiger partial charge in [-0.25, -0.2) is 9.59 Å². The zero-order chi connectivity index (χ0) is 15.6. The molecule has 5 heteroatoms. The van der Waals surface area contributed by atoms with Crippen molar-refractivity contribution in [3.8, 4) is 0 Å². The van der Waals surface area contributed by atoms with Crippen molar-refractivity contribution in [2.45, 2.75) is 58.9 Å². The van der Waals surface area contributed by atoms with Crippen LogP contribution in [0.3, 0.4) is 0 Å². The van der Waals surface area contributed by atoms with Gasteiger partial charge in [-0.05, 0) is 43.9 Å². The third-order valence-corrected chi connectivity index (χ3v) is 5.11. The molecule has 120 valence electrons. The Morgan fingerprint density at radius 1 is 1.29 bits per heavy atom. The molecule has 0 radical (unpaired) electrons. The Bertz CT molecular complexity index is 404. The van der Waals surface area contributed by atoms with Crippen LogP contribution in [0, 0.1) is 11.3 Å². The lowest BCUT2D eigenvalue weighted by atomic mass is 9.76. The van der Waals surface area contributed by atoms with E-state index in [0.29, 0.717) is 19.0 Å². The molecule has 2 aliphatic rings. The number of likely N-dealkylation sites (tertiary alicyclic amines) is 1. The molecule has 1 aliphatic carbocycles. The van der Waals surface area contributed by atoms with Crippen LogP contribution in [0.15, 0.2) is 0 Å². The third-order valence-electron chi connectivity index (χ3n) is 5.11. The van der Waals surface area contributed by atoms with E-state index >= 15 is 0 Å². The van der Waals surface area contributed by atoms with Gasteiger partial charge in [0, 0.05) is 19.6 Å². The van der Waals surface area contributed by atoms with E-state index in [9.17, 15) is 14.7 Å². The number of carbonyl (C=O) groups excluding carboxylic acids is 1. The lowest BCUT2D eigenvalue weighted by Gasteiger charge is -2.46.